The van der Waals surface area contributed by atoms with Crippen molar-refractivity contribution < 1.29 is 9.59 Å². The lowest BCUT2D eigenvalue weighted by molar-refractivity contribution is 0.0984. The van der Waals surface area contributed by atoms with Gasteiger partial charge in [-0.25, -0.2) is 0 Å². The molecule has 0 spiro atoms. The van der Waals surface area contributed by atoms with E-state index in [0.29, 0.717) is 12.8 Å². The molecule has 3 aromatic carbocycles. The molecule has 5 heteroatoms. The van der Waals surface area contributed by atoms with Crippen molar-refractivity contribution in [2.45, 2.75) is 65.2 Å². The predicted octanol–water partition coefficient (Wildman–Crippen LogP) is 8.10. The van der Waals surface area contributed by atoms with Gasteiger partial charge in [0.15, 0.2) is 11.6 Å². The zero-order valence-corrected chi connectivity index (χ0v) is 25.8. The molecule has 0 saturated heterocycles. The molecule has 42 heavy (non-hydrogen) atoms. The number of ketones is 2. The molecule has 2 aromatic heterocycles. The molecule has 0 saturated carbocycles. The van der Waals surface area contributed by atoms with E-state index in [1.165, 1.54) is 11.1 Å². The summed E-state index contributed by atoms with van der Waals surface area (Å²) in [6.07, 6.45) is 6.11. The zero-order valence-electron chi connectivity index (χ0n) is 25.8. The summed E-state index contributed by atoms with van der Waals surface area (Å²) < 4.78 is 1.84. The summed E-state index contributed by atoms with van der Waals surface area (Å²) in [6.45, 7) is 12.9. The van der Waals surface area contributed by atoms with Crippen molar-refractivity contribution in [2.24, 2.45) is 7.05 Å². The number of nitrogens with zero attached hydrogens (tertiary/aromatic N) is 3. The van der Waals surface area contributed by atoms with Crippen molar-refractivity contribution >= 4 is 22.5 Å². The fourth-order valence-electron chi connectivity index (χ4n) is 4.72. The van der Waals surface area contributed by atoms with Crippen molar-refractivity contribution in [2.75, 3.05) is 0 Å². The molecular formula is C37H41N3O2. The number of aromatic nitrogens is 3. The van der Waals surface area contributed by atoms with Crippen molar-refractivity contribution in [3.8, 4) is 0 Å². The summed E-state index contributed by atoms with van der Waals surface area (Å²) in [5, 5.41) is 5.32. The maximum Gasteiger partial charge on any atom is 0.167 e. The van der Waals surface area contributed by atoms with Crippen LogP contribution in [0.5, 0.6) is 0 Å². The fourth-order valence-corrected chi connectivity index (χ4v) is 4.72. The van der Waals surface area contributed by atoms with E-state index in [9.17, 15) is 9.59 Å². The number of pyridine rings is 1. The van der Waals surface area contributed by atoms with Gasteiger partial charge >= 0.3 is 0 Å². The molecule has 0 N–H and O–H groups in total. The molecule has 216 valence electrons. The Bertz CT molecular complexity index is 1690. The lowest BCUT2D eigenvalue weighted by Gasteiger charge is -2.19. The van der Waals surface area contributed by atoms with E-state index >= 15 is 0 Å². The Morgan fingerprint density at radius 1 is 0.667 bits per heavy atom. The first kappa shape index (κ1) is 30.6. The Kier molecular flexibility index (Phi) is 9.20. The number of carbonyl (C=O) groups excluding carboxylic acids is 2. The van der Waals surface area contributed by atoms with Crippen LogP contribution in [0.4, 0.5) is 0 Å². The lowest BCUT2D eigenvalue weighted by Crippen LogP contribution is -2.12. The second kappa shape index (κ2) is 12.6. The van der Waals surface area contributed by atoms with Gasteiger partial charge in [0.1, 0.15) is 0 Å². The molecule has 5 rings (SSSR count). The van der Waals surface area contributed by atoms with Crippen LogP contribution < -0.4 is 0 Å². The van der Waals surface area contributed by atoms with E-state index in [2.05, 4.69) is 63.8 Å². The number of benzene rings is 3. The summed E-state index contributed by atoms with van der Waals surface area (Å²) in [7, 11) is 1.92. The van der Waals surface area contributed by atoms with Gasteiger partial charge < -0.3 is 0 Å². The molecule has 0 fully saturated rings. The highest BCUT2D eigenvalue weighted by Crippen LogP contribution is 2.25. The van der Waals surface area contributed by atoms with Crippen LogP contribution in [0.15, 0.2) is 97.5 Å². The molecule has 0 unspecified atom stereocenters. The number of carbonyl (C=O) groups is 2. The highest BCUT2D eigenvalue weighted by Gasteiger charge is 2.17. The van der Waals surface area contributed by atoms with Crippen molar-refractivity contribution in [3.05, 3.63) is 131 Å². The van der Waals surface area contributed by atoms with Gasteiger partial charge in [-0.3, -0.25) is 19.3 Å². The van der Waals surface area contributed by atoms with Gasteiger partial charge in [0, 0.05) is 48.8 Å². The fraction of sp³-hybridized carbons (Fsp3) is 0.297. The van der Waals surface area contributed by atoms with E-state index in [0.717, 1.165) is 33.2 Å². The molecule has 0 aliphatic heterocycles. The standard InChI is InChI=1S/C20H22N2O.C17H19NO/c1-20(2,3)17-7-5-6-15(12-17)19(23)11-14-8-9-18-16(10-14)13-21-22(18)4;1-17(2,3)15-8-4-7-14(11-15)16(19)10-13-6-5-9-18-12-13/h5-10,12-13H,11H2,1-4H3;4-9,11-12H,10H2,1-3H3. The van der Waals surface area contributed by atoms with Gasteiger partial charge in [0.05, 0.1) is 11.7 Å². The number of hydrogen-bond donors (Lipinski definition) is 0. The van der Waals surface area contributed by atoms with Crippen molar-refractivity contribution in [3.63, 3.8) is 0 Å². The average Bonchev–Trinajstić information content (AvgIpc) is 3.33. The van der Waals surface area contributed by atoms with Gasteiger partial charge in [-0.15, -0.1) is 0 Å². The largest absolute Gasteiger partial charge is 0.294 e. The average molecular weight is 560 g/mol. The molecular weight excluding hydrogens is 518 g/mol. The Morgan fingerprint density at radius 3 is 1.76 bits per heavy atom. The van der Waals surface area contributed by atoms with Crippen LogP contribution in [-0.4, -0.2) is 26.3 Å². The van der Waals surface area contributed by atoms with E-state index in [4.69, 9.17) is 0 Å². The van der Waals surface area contributed by atoms with Gasteiger partial charge in [-0.1, -0.05) is 90.1 Å². The first-order valence-corrected chi connectivity index (χ1v) is 14.4. The monoisotopic (exact) mass is 559 g/mol. The minimum atomic E-state index is 0.0465. The molecule has 0 bridgehead atoms. The second-order valence-corrected chi connectivity index (χ2v) is 12.9. The SMILES string of the molecule is CC(C)(C)c1cccc(C(=O)Cc2cccnc2)c1.Cn1ncc2cc(CC(=O)c3cccc(C(C)(C)C)c3)ccc21. The quantitative estimate of drug-likeness (QED) is 0.197. The number of Topliss-reactive ketones (excluding diaryl/α,β-unsaturated/α-hetero) is 2. The summed E-state index contributed by atoms with van der Waals surface area (Å²) in [6, 6.07) is 25.7. The molecule has 0 aliphatic carbocycles. The van der Waals surface area contributed by atoms with Crippen LogP contribution in [0.1, 0.15) is 84.5 Å². The Morgan fingerprint density at radius 2 is 1.24 bits per heavy atom. The normalized spacial score (nSPS) is 11.6. The Hall–Kier alpha value is -4.38. The minimum Gasteiger partial charge on any atom is -0.294 e. The molecule has 0 atom stereocenters. The minimum absolute atomic E-state index is 0.0465. The summed E-state index contributed by atoms with van der Waals surface area (Å²) in [4.78, 5) is 28.9. The maximum atomic E-state index is 12.6. The third-order valence-electron chi connectivity index (χ3n) is 7.36. The zero-order chi connectivity index (χ0) is 30.5. The Balaban J connectivity index is 0.000000197. The number of aryl methyl sites for hydroxylation is 1. The first-order valence-electron chi connectivity index (χ1n) is 14.4. The van der Waals surface area contributed by atoms with Crippen LogP contribution in [0, 0.1) is 0 Å². The van der Waals surface area contributed by atoms with Crippen LogP contribution in [0.25, 0.3) is 10.9 Å². The lowest BCUT2D eigenvalue weighted by atomic mass is 9.85. The van der Waals surface area contributed by atoms with Gasteiger partial charge in [0.25, 0.3) is 0 Å². The molecule has 0 aliphatic rings. The van der Waals surface area contributed by atoms with Crippen LogP contribution >= 0.6 is 0 Å². The molecule has 0 radical (unpaired) electrons. The smallest absolute Gasteiger partial charge is 0.167 e. The summed E-state index contributed by atoms with van der Waals surface area (Å²) in [5.74, 6) is 0.290. The summed E-state index contributed by atoms with van der Waals surface area (Å²) >= 11 is 0. The van der Waals surface area contributed by atoms with Crippen LogP contribution in [0.2, 0.25) is 0 Å². The second-order valence-electron chi connectivity index (χ2n) is 12.9. The number of fused-ring (bicyclic) bond motifs is 1. The first-order chi connectivity index (χ1) is 19.8. The van der Waals surface area contributed by atoms with Crippen LogP contribution in [-0.2, 0) is 30.7 Å². The molecule has 5 aromatic rings. The maximum absolute atomic E-state index is 12.6. The molecule has 2 heterocycles. The predicted molar refractivity (Wildman–Crippen MR) is 171 cm³/mol. The Labute approximate surface area is 249 Å². The van der Waals surface area contributed by atoms with Gasteiger partial charge in [0.2, 0.25) is 0 Å². The third-order valence-corrected chi connectivity index (χ3v) is 7.36. The van der Waals surface area contributed by atoms with Crippen LogP contribution in [0.3, 0.4) is 0 Å². The summed E-state index contributed by atoms with van der Waals surface area (Å²) in [5.41, 5.74) is 7.09. The highest BCUT2D eigenvalue weighted by molar-refractivity contribution is 5.98. The van der Waals surface area contributed by atoms with E-state index in [-0.39, 0.29) is 22.4 Å². The number of hydrogen-bond acceptors (Lipinski definition) is 4. The number of rotatable bonds is 6. The topological polar surface area (TPSA) is 64.8 Å². The van der Waals surface area contributed by atoms with Gasteiger partial charge in [-0.2, -0.15) is 5.10 Å². The molecule has 0 amide bonds. The van der Waals surface area contributed by atoms with Crippen molar-refractivity contribution in [1.29, 1.82) is 0 Å². The van der Waals surface area contributed by atoms with E-state index in [1.807, 2.05) is 84.7 Å². The highest BCUT2D eigenvalue weighted by atomic mass is 16.1. The molecule has 5 nitrogen and oxygen atoms in total. The van der Waals surface area contributed by atoms with Gasteiger partial charge in [-0.05, 0) is 63.4 Å². The third kappa shape index (κ3) is 7.88. The van der Waals surface area contributed by atoms with Crippen molar-refractivity contribution in [1.82, 2.24) is 14.8 Å². The van der Waals surface area contributed by atoms with E-state index in [1.54, 1.807) is 12.4 Å². The van der Waals surface area contributed by atoms with E-state index < -0.39 is 0 Å².